The topological polar surface area (TPSA) is 91.1 Å². The summed E-state index contributed by atoms with van der Waals surface area (Å²) in [5.41, 5.74) is 2.03. The molecule has 2 aromatic carbocycles. The molecule has 2 aromatic rings. The Balaban J connectivity index is 1.92. The fourth-order valence-electron chi connectivity index (χ4n) is 3.64. The van der Waals surface area contributed by atoms with Gasteiger partial charge in [-0.1, -0.05) is 13.8 Å². The van der Waals surface area contributed by atoms with Gasteiger partial charge in [-0.2, -0.15) is 0 Å². The summed E-state index contributed by atoms with van der Waals surface area (Å²) < 4.78 is 16.8. The Hall–Kier alpha value is -3.29. The summed E-state index contributed by atoms with van der Waals surface area (Å²) in [7, 11) is 3.17. The largest absolute Gasteiger partial charge is 0.493 e. The van der Waals surface area contributed by atoms with Crippen LogP contribution in [0.3, 0.4) is 0 Å². The zero-order chi connectivity index (χ0) is 21.8. The smallest absolute Gasteiger partial charge is 0.269 e. The van der Waals surface area contributed by atoms with E-state index in [2.05, 4.69) is 0 Å². The molecule has 0 N–H and O–H groups in total. The predicted molar refractivity (Wildman–Crippen MR) is 111 cm³/mol. The van der Waals surface area contributed by atoms with Crippen molar-refractivity contribution in [1.82, 2.24) is 4.90 Å². The standard InChI is InChI=1S/C22H26N2O6/c1-14(2)22(25)23-10-9-15-11-20(28-3)21(29-4)12-18(15)19(23)13-30-17-7-5-16(6-8-17)24(26)27/h5-8,11-12,14,19H,9-10,13H2,1-4H3/t19-/m1/s1. The molecule has 0 aromatic heterocycles. The summed E-state index contributed by atoms with van der Waals surface area (Å²) in [6.45, 7) is 4.55. The van der Waals surface area contributed by atoms with E-state index >= 15 is 0 Å². The average molecular weight is 414 g/mol. The normalized spacial score (nSPS) is 15.5. The van der Waals surface area contributed by atoms with Crippen LogP contribution in [0, 0.1) is 16.0 Å². The van der Waals surface area contributed by atoms with E-state index in [-0.39, 0.29) is 30.2 Å². The minimum Gasteiger partial charge on any atom is -0.493 e. The molecule has 0 aliphatic carbocycles. The average Bonchev–Trinajstić information content (AvgIpc) is 2.75. The number of benzene rings is 2. The van der Waals surface area contributed by atoms with Crippen molar-refractivity contribution in [2.24, 2.45) is 5.92 Å². The Bertz CT molecular complexity index is 926. The molecule has 0 saturated heterocycles. The minimum absolute atomic E-state index is 0.00111. The number of hydrogen-bond acceptors (Lipinski definition) is 6. The van der Waals surface area contributed by atoms with Crippen molar-refractivity contribution < 1.29 is 23.9 Å². The first kappa shape index (κ1) is 21.4. The second kappa shape index (κ2) is 9.02. The summed E-state index contributed by atoms with van der Waals surface area (Å²) in [6.07, 6.45) is 0.710. The van der Waals surface area contributed by atoms with Gasteiger partial charge in [0.1, 0.15) is 12.4 Å². The first-order chi connectivity index (χ1) is 14.3. The number of amides is 1. The Morgan fingerprint density at radius 3 is 2.37 bits per heavy atom. The molecule has 1 atom stereocenters. The van der Waals surface area contributed by atoms with Gasteiger partial charge in [-0.15, -0.1) is 0 Å². The SMILES string of the molecule is COc1cc2c(cc1OC)[C@@H](COc1ccc([N+](=O)[O-])cc1)N(C(=O)C(C)C)CC2. The fraction of sp³-hybridized carbons (Fsp3) is 0.409. The van der Waals surface area contributed by atoms with Crippen LogP contribution in [-0.2, 0) is 11.2 Å². The Morgan fingerprint density at radius 2 is 1.80 bits per heavy atom. The highest BCUT2D eigenvalue weighted by Gasteiger charge is 2.33. The van der Waals surface area contributed by atoms with Crippen molar-refractivity contribution in [3.8, 4) is 17.2 Å². The van der Waals surface area contributed by atoms with Gasteiger partial charge in [0.15, 0.2) is 11.5 Å². The molecule has 8 nitrogen and oxygen atoms in total. The van der Waals surface area contributed by atoms with Crippen LogP contribution >= 0.6 is 0 Å². The number of carbonyl (C=O) groups excluding carboxylic acids is 1. The van der Waals surface area contributed by atoms with Gasteiger partial charge in [0, 0.05) is 24.6 Å². The van der Waals surface area contributed by atoms with Crippen molar-refractivity contribution in [2.75, 3.05) is 27.4 Å². The second-order valence-electron chi connectivity index (χ2n) is 7.42. The van der Waals surface area contributed by atoms with Crippen LogP contribution in [0.1, 0.15) is 31.0 Å². The molecule has 1 aliphatic heterocycles. The van der Waals surface area contributed by atoms with Crippen LogP contribution in [0.15, 0.2) is 36.4 Å². The van der Waals surface area contributed by atoms with Crippen LogP contribution in [0.5, 0.6) is 17.2 Å². The van der Waals surface area contributed by atoms with Gasteiger partial charge in [-0.3, -0.25) is 14.9 Å². The lowest BCUT2D eigenvalue weighted by molar-refractivity contribution is -0.384. The number of nitrogens with zero attached hydrogens (tertiary/aromatic N) is 2. The predicted octanol–water partition coefficient (Wildman–Crippen LogP) is 3.77. The highest BCUT2D eigenvalue weighted by molar-refractivity contribution is 5.79. The molecule has 3 rings (SSSR count). The Labute approximate surface area is 175 Å². The van der Waals surface area contributed by atoms with Crippen molar-refractivity contribution in [2.45, 2.75) is 26.3 Å². The molecule has 1 amide bonds. The van der Waals surface area contributed by atoms with Crippen LogP contribution in [-0.4, -0.2) is 43.1 Å². The van der Waals surface area contributed by atoms with E-state index in [0.717, 1.165) is 11.1 Å². The number of nitro groups is 1. The van der Waals surface area contributed by atoms with E-state index in [9.17, 15) is 14.9 Å². The molecule has 160 valence electrons. The van der Waals surface area contributed by atoms with Gasteiger partial charge in [-0.05, 0) is 41.8 Å². The van der Waals surface area contributed by atoms with Crippen molar-refractivity contribution in [1.29, 1.82) is 0 Å². The van der Waals surface area contributed by atoms with Crippen LogP contribution < -0.4 is 14.2 Å². The van der Waals surface area contributed by atoms with Crippen molar-refractivity contribution in [3.63, 3.8) is 0 Å². The van der Waals surface area contributed by atoms with Crippen molar-refractivity contribution in [3.05, 3.63) is 57.6 Å². The maximum atomic E-state index is 12.9. The van der Waals surface area contributed by atoms with Gasteiger partial charge in [0.05, 0.1) is 25.2 Å². The van der Waals surface area contributed by atoms with E-state index in [1.807, 2.05) is 30.9 Å². The quantitative estimate of drug-likeness (QED) is 0.506. The van der Waals surface area contributed by atoms with Crippen LogP contribution in [0.2, 0.25) is 0 Å². The Kier molecular flexibility index (Phi) is 6.44. The molecule has 30 heavy (non-hydrogen) atoms. The van der Waals surface area contributed by atoms with Gasteiger partial charge < -0.3 is 19.1 Å². The fourth-order valence-corrected chi connectivity index (χ4v) is 3.64. The van der Waals surface area contributed by atoms with Gasteiger partial charge in [0.2, 0.25) is 5.91 Å². The zero-order valence-electron chi connectivity index (χ0n) is 17.6. The first-order valence-electron chi connectivity index (χ1n) is 9.78. The summed E-state index contributed by atoms with van der Waals surface area (Å²) in [5, 5.41) is 10.8. The number of fused-ring (bicyclic) bond motifs is 1. The van der Waals surface area contributed by atoms with Gasteiger partial charge in [-0.25, -0.2) is 0 Å². The molecule has 0 radical (unpaired) electrons. The molecule has 1 heterocycles. The third kappa shape index (κ3) is 4.32. The second-order valence-corrected chi connectivity index (χ2v) is 7.42. The lowest BCUT2D eigenvalue weighted by atomic mass is 9.91. The van der Waals surface area contributed by atoms with Crippen LogP contribution in [0.4, 0.5) is 5.69 Å². The molecule has 0 spiro atoms. The Morgan fingerprint density at radius 1 is 1.17 bits per heavy atom. The third-order valence-electron chi connectivity index (χ3n) is 5.24. The lowest BCUT2D eigenvalue weighted by Crippen LogP contribution is -2.44. The zero-order valence-corrected chi connectivity index (χ0v) is 17.6. The van der Waals surface area contributed by atoms with E-state index in [0.29, 0.717) is 30.2 Å². The number of carbonyl (C=O) groups is 1. The molecule has 1 aliphatic rings. The van der Waals surface area contributed by atoms with Crippen LogP contribution in [0.25, 0.3) is 0 Å². The number of non-ortho nitro benzene ring substituents is 1. The van der Waals surface area contributed by atoms with Gasteiger partial charge in [0.25, 0.3) is 5.69 Å². The summed E-state index contributed by atoms with van der Waals surface area (Å²) in [4.78, 5) is 25.1. The third-order valence-corrected chi connectivity index (χ3v) is 5.24. The molecule has 0 unspecified atom stereocenters. The molecule has 0 bridgehead atoms. The van der Waals surface area contributed by atoms with Gasteiger partial charge >= 0.3 is 0 Å². The van der Waals surface area contributed by atoms with E-state index in [1.54, 1.807) is 26.4 Å². The molecule has 8 heteroatoms. The summed E-state index contributed by atoms with van der Waals surface area (Å²) >= 11 is 0. The summed E-state index contributed by atoms with van der Waals surface area (Å²) in [6, 6.07) is 9.46. The molecular weight excluding hydrogens is 388 g/mol. The highest BCUT2D eigenvalue weighted by atomic mass is 16.6. The summed E-state index contributed by atoms with van der Waals surface area (Å²) in [5.74, 6) is 1.65. The highest BCUT2D eigenvalue weighted by Crippen LogP contribution is 2.39. The number of hydrogen-bond donors (Lipinski definition) is 0. The van der Waals surface area contributed by atoms with E-state index in [4.69, 9.17) is 14.2 Å². The number of rotatable bonds is 7. The molecular formula is C22H26N2O6. The van der Waals surface area contributed by atoms with Crippen molar-refractivity contribution >= 4 is 11.6 Å². The number of methoxy groups -OCH3 is 2. The van der Waals surface area contributed by atoms with E-state index in [1.165, 1.54) is 12.1 Å². The lowest BCUT2D eigenvalue weighted by Gasteiger charge is -2.38. The van der Waals surface area contributed by atoms with E-state index < -0.39 is 4.92 Å². The maximum absolute atomic E-state index is 12.9. The molecule has 0 saturated carbocycles. The number of nitro benzene ring substituents is 1. The monoisotopic (exact) mass is 414 g/mol. The maximum Gasteiger partial charge on any atom is 0.269 e. The first-order valence-corrected chi connectivity index (χ1v) is 9.78. The number of ether oxygens (including phenoxy) is 3. The minimum atomic E-state index is -0.455. The molecule has 0 fully saturated rings.